The first-order valence-electron chi connectivity index (χ1n) is 7.79. The predicted molar refractivity (Wildman–Crippen MR) is 83.7 cm³/mol. The molecular formula is C17H25NO3. The zero-order valence-electron chi connectivity index (χ0n) is 13.0. The van der Waals surface area contributed by atoms with Crippen LogP contribution in [0.2, 0.25) is 0 Å². The third-order valence-electron chi connectivity index (χ3n) is 4.05. The Labute approximate surface area is 126 Å². The standard InChI is InChI=1S/C17H25NO3/c1-3-13-21-15-9-7-14(8-10-15)18-16(19)17(20-2)11-5-4-6-12-17/h7-10H,3-6,11-13H2,1-2H3,(H,18,19). The smallest absolute Gasteiger partial charge is 0.256 e. The molecule has 0 heterocycles. The molecule has 0 radical (unpaired) electrons. The maximum Gasteiger partial charge on any atom is 0.256 e. The van der Waals surface area contributed by atoms with E-state index < -0.39 is 5.60 Å². The van der Waals surface area contributed by atoms with Crippen LogP contribution in [-0.2, 0) is 9.53 Å². The summed E-state index contributed by atoms with van der Waals surface area (Å²) in [4.78, 5) is 12.5. The van der Waals surface area contributed by atoms with Crippen molar-refractivity contribution in [3.8, 4) is 5.75 Å². The molecule has 1 N–H and O–H groups in total. The van der Waals surface area contributed by atoms with E-state index in [0.29, 0.717) is 6.61 Å². The number of carbonyl (C=O) groups is 1. The largest absolute Gasteiger partial charge is 0.494 e. The van der Waals surface area contributed by atoms with Gasteiger partial charge in [-0.2, -0.15) is 0 Å². The third-order valence-corrected chi connectivity index (χ3v) is 4.05. The van der Waals surface area contributed by atoms with Crippen LogP contribution in [0.1, 0.15) is 45.4 Å². The highest BCUT2D eigenvalue weighted by Gasteiger charge is 2.39. The first kappa shape index (κ1) is 15.8. The zero-order chi connectivity index (χ0) is 15.1. The second-order valence-corrected chi connectivity index (χ2v) is 5.59. The van der Waals surface area contributed by atoms with Crippen LogP contribution in [0, 0.1) is 0 Å². The van der Waals surface area contributed by atoms with Gasteiger partial charge in [0.25, 0.3) is 5.91 Å². The van der Waals surface area contributed by atoms with E-state index in [1.807, 2.05) is 24.3 Å². The monoisotopic (exact) mass is 291 g/mol. The highest BCUT2D eigenvalue weighted by molar-refractivity contribution is 5.97. The number of rotatable bonds is 6. The van der Waals surface area contributed by atoms with Crippen molar-refractivity contribution in [2.45, 2.75) is 51.0 Å². The van der Waals surface area contributed by atoms with Gasteiger partial charge in [-0.1, -0.05) is 26.2 Å². The fraction of sp³-hybridized carbons (Fsp3) is 0.588. The lowest BCUT2D eigenvalue weighted by Gasteiger charge is -2.34. The van der Waals surface area contributed by atoms with Crippen LogP contribution in [-0.4, -0.2) is 25.2 Å². The van der Waals surface area contributed by atoms with Gasteiger partial charge in [0.05, 0.1) is 6.61 Å². The van der Waals surface area contributed by atoms with Gasteiger partial charge in [0, 0.05) is 12.8 Å². The van der Waals surface area contributed by atoms with Crippen LogP contribution >= 0.6 is 0 Å². The molecule has 0 bridgehead atoms. The second kappa shape index (κ2) is 7.46. The maximum atomic E-state index is 12.5. The molecular weight excluding hydrogens is 266 g/mol. The Balaban J connectivity index is 1.98. The summed E-state index contributed by atoms with van der Waals surface area (Å²) >= 11 is 0. The fourth-order valence-electron chi connectivity index (χ4n) is 2.75. The number of carbonyl (C=O) groups excluding carboxylic acids is 1. The van der Waals surface area contributed by atoms with E-state index in [9.17, 15) is 4.79 Å². The highest BCUT2D eigenvalue weighted by Crippen LogP contribution is 2.32. The fourth-order valence-corrected chi connectivity index (χ4v) is 2.75. The Kier molecular flexibility index (Phi) is 5.62. The van der Waals surface area contributed by atoms with Crippen LogP contribution in [0.25, 0.3) is 0 Å². The van der Waals surface area contributed by atoms with Crippen molar-refractivity contribution in [3.05, 3.63) is 24.3 Å². The van der Waals surface area contributed by atoms with Crippen molar-refractivity contribution < 1.29 is 14.3 Å². The minimum Gasteiger partial charge on any atom is -0.494 e. The van der Waals surface area contributed by atoms with Crippen molar-refractivity contribution in [2.24, 2.45) is 0 Å². The van der Waals surface area contributed by atoms with Crippen LogP contribution in [0.3, 0.4) is 0 Å². The van der Waals surface area contributed by atoms with Crippen LogP contribution in [0.5, 0.6) is 5.75 Å². The lowest BCUT2D eigenvalue weighted by atomic mass is 9.84. The molecule has 1 aromatic rings. The summed E-state index contributed by atoms with van der Waals surface area (Å²) in [5.41, 5.74) is 0.126. The van der Waals surface area contributed by atoms with E-state index in [-0.39, 0.29) is 5.91 Å². The minimum absolute atomic E-state index is 0.0353. The van der Waals surface area contributed by atoms with Crippen molar-refractivity contribution >= 4 is 11.6 Å². The number of hydrogen-bond acceptors (Lipinski definition) is 3. The van der Waals surface area contributed by atoms with E-state index in [1.165, 1.54) is 6.42 Å². The number of nitrogens with one attached hydrogen (secondary N) is 1. The summed E-state index contributed by atoms with van der Waals surface area (Å²) in [5, 5.41) is 2.97. The van der Waals surface area contributed by atoms with E-state index in [0.717, 1.165) is 43.5 Å². The Morgan fingerprint density at radius 2 is 1.86 bits per heavy atom. The molecule has 1 amide bonds. The van der Waals surface area contributed by atoms with Gasteiger partial charge in [-0.15, -0.1) is 0 Å². The molecule has 0 unspecified atom stereocenters. The molecule has 116 valence electrons. The molecule has 4 nitrogen and oxygen atoms in total. The molecule has 0 saturated heterocycles. The Bertz CT molecular complexity index is 450. The lowest BCUT2D eigenvalue weighted by molar-refractivity contribution is -0.141. The first-order valence-corrected chi connectivity index (χ1v) is 7.79. The number of benzene rings is 1. The van der Waals surface area contributed by atoms with Gasteiger partial charge in [-0.25, -0.2) is 0 Å². The van der Waals surface area contributed by atoms with Crippen molar-refractivity contribution in [3.63, 3.8) is 0 Å². The maximum absolute atomic E-state index is 12.5. The van der Waals surface area contributed by atoms with Gasteiger partial charge in [0.1, 0.15) is 11.4 Å². The lowest BCUT2D eigenvalue weighted by Crippen LogP contribution is -2.46. The molecule has 0 atom stereocenters. The molecule has 1 aromatic carbocycles. The first-order chi connectivity index (χ1) is 10.2. The second-order valence-electron chi connectivity index (χ2n) is 5.59. The van der Waals surface area contributed by atoms with Crippen LogP contribution in [0.15, 0.2) is 24.3 Å². The molecule has 0 aromatic heterocycles. The predicted octanol–water partition coefficient (Wildman–Crippen LogP) is 3.76. The van der Waals surface area contributed by atoms with Crippen LogP contribution < -0.4 is 10.1 Å². The summed E-state index contributed by atoms with van der Waals surface area (Å²) in [6.07, 6.45) is 5.85. The normalized spacial score (nSPS) is 17.2. The summed E-state index contributed by atoms with van der Waals surface area (Å²) in [5.74, 6) is 0.792. The molecule has 1 aliphatic carbocycles. The molecule has 1 aliphatic rings. The Hall–Kier alpha value is -1.55. The molecule has 0 spiro atoms. The topological polar surface area (TPSA) is 47.6 Å². The molecule has 0 aliphatic heterocycles. The minimum atomic E-state index is -0.657. The van der Waals surface area contributed by atoms with Gasteiger partial charge in [0.15, 0.2) is 0 Å². The van der Waals surface area contributed by atoms with Crippen molar-refractivity contribution in [1.29, 1.82) is 0 Å². The van der Waals surface area contributed by atoms with Crippen LogP contribution in [0.4, 0.5) is 5.69 Å². The van der Waals surface area contributed by atoms with E-state index >= 15 is 0 Å². The average molecular weight is 291 g/mol. The number of methoxy groups -OCH3 is 1. The van der Waals surface area contributed by atoms with Gasteiger partial charge >= 0.3 is 0 Å². The molecule has 21 heavy (non-hydrogen) atoms. The Morgan fingerprint density at radius 3 is 2.43 bits per heavy atom. The molecule has 4 heteroatoms. The Morgan fingerprint density at radius 1 is 1.19 bits per heavy atom. The van der Waals surface area contributed by atoms with Gasteiger partial charge in [0.2, 0.25) is 0 Å². The summed E-state index contributed by atoms with van der Waals surface area (Å²) in [7, 11) is 1.63. The van der Waals surface area contributed by atoms with Gasteiger partial charge < -0.3 is 14.8 Å². The summed E-state index contributed by atoms with van der Waals surface area (Å²) in [6, 6.07) is 7.50. The van der Waals surface area contributed by atoms with Crippen molar-refractivity contribution in [2.75, 3.05) is 19.0 Å². The molecule has 1 saturated carbocycles. The highest BCUT2D eigenvalue weighted by atomic mass is 16.5. The number of amides is 1. The summed E-state index contributed by atoms with van der Waals surface area (Å²) < 4.78 is 11.1. The molecule has 2 rings (SSSR count). The quantitative estimate of drug-likeness (QED) is 0.868. The third kappa shape index (κ3) is 3.97. The number of ether oxygens (including phenoxy) is 2. The van der Waals surface area contributed by atoms with Crippen molar-refractivity contribution in [1.82, 2.24) is 0 Å². The summed E-state index contributed by atoms with van der Waals surface area (Å²) in [6.45, 7) is 2.78. The number of anilines is 1. The SMILES string of the molecule is CCCOc1ccc(NC(=O)C2(OC)CCCCC2)cc1. The van der Waals surface area contributed by atoms with Gasteiger partial charge in [-0.05, 0) is 43.5 Å². The average Bonchev–Trinajstić information content (AvgIpc) is 2.54. The number of hydrogen-bond donors (Lipinski definition) is 1. The van der Waals surface area contributed by atoms with E-state index in [4.69, 9.17) is 9.47 Å². The van der Waals surface area contributed by atoms with E-state index in [2.05, 4.69) is 12.2 Å². The molecule has 1 fully saturated rings. The zero-order valence-corrected chi connectivity index (χ0v) is 13.0. The van der Waals surface area contributed by atoms with E-state index in [1.54, 1.807) is 7.11 Å². The van der Waals surface area contributed by atoms with Gasteiger partial charge in [-0.3, -0.25) is 4.79 Å².